The van der Waals surface area contributed by atoms with Gasteiger partial charge in [-0.15, -0.1) is 0 Å². The van der Waals surface area contributed by atoms with Gasteiger partial charge in [-0.2, -0.15) is 0 Å². The quantitative estimate of drug-likeness (QED) is 0.450. The number of aliphatic hydroxyl groups is 1. The van der Waals surface area contributed by atoms with Crippen molar-refractivity contribution < 1.29 is 18.7 Å². The summed E-state index contributed by atoms with van der Waals surface area (Å²) in [7, 11) is -3.20. The smallest absolute Gasteiger partial charge is 0.354 e. The molecule has 0 fully saturated rings. The van der Waals surface area contributed by atoms with Crippen LogP contribution in [0.15, 0.2) is 35.7 Å². The van der Waals surface area contributed by atoms with E-state index in [2.05, 4.69) is 6.92 Å². The van der Waals surface area contributed by atoms with E-state index in [1.807, 2.05) is 45.0 Å². The van der Waals surface area contributed by atoms with E-state index >= 15 is 0 Å². The Labute approximate surface area is 152 Å². The summed E-state index contributed by atoms with van der Waals surface area (Å²) in [4.78, 5) is 0. The first kappa shape index (κ1) is 22.1. The van der Waals surface area contributed by atoms with Crippen LogP contribution < -0.4 is 0 Å². The number of rotatable bonds is 12. The van der Waals surface area contributed by atoms with Crippen LogP contribution in [0.4, 0.5) is 0 Å². The van der Waals surface area contributed by atoms with Crippen molar-refractivity contribution >= 4 is 7.60 Å². The number of benzene rings is 1. The standard InChI is InChI=1S/C20H33O4P/c1-5-8-12-18(16-25(22,23-6-2)24-7-3)14-15-20(21)19-13-10-9-11-17(19)4/h9-11,13,16,20-21H,5-8,12,14-15H2,1-4H3. The number of hydrogen-bond acceptors (Lipinski definition) is 4. The molecule has 0 spiro atoms. The Bertz CT molecular complexity index is 573. The molecule has 25 heavy (non-hydrogen) atoms. The lowest BCUT2D eigenvalue weighted by molar-refractivity contribution is 0.166. The van der Waals surface area contributed by atoms with Crippen molar-refractivity contribution in [3.05, 3.63) is 46.8 Å². The van der Waals surface area contributed by atoms with Crippen molar-refractivity contribution in [1.82, 2.24) is 0 Å². The lowest BCUT2D eigenvalue weighted by atomic mass is 9.97. The van der Waals surface area contributed by atoms with Crippen LogP contribution in [0, 0.1) is 6.92 Å². The zero-order valence-corrected chi connectivity index (χ0v) is 16.9. The molecule has 0 aromatic heterocycles. The van der Waals surface area contributed by atoms with Crippen LogP contribution in [0.3, 0.4) is 0 Å². The molecule has 0 amide bonds. The van der Waals surface area contributed by atoms with Crippen molar-refractivity contribution in [3.8, 4) is 0 Å². The van der Waals surface area contributed by atoms with Gasteiger partial charge in [-0.3, -0.25) is 4.57 Å². The molecule has 1 atom stereocenters. The Hall–Kier alpha value is -0.930. The molecule has 1 aromatic carbocycles. The highest BCUT2D eigenvalue weighted by atomic mass is 31.2. The summed E-state index contributed by atoms with van der Waals surface area (Å²) in [5, 5.41) is 10.5. The SMILES string of the molecule is CCCCC(=CP(=O)(OCC)OCC)CCC(O)c1ccccc1C. The molecule has 0 aliphatic rings. The van der Waals surface area contributed by atoms with Gasteiger partial charge < -0.3 is 14.2 Å². The Morgan fingerprint density at radius 2 is 1.80 bits per heavy atom. The molecule has 0 aliphatic carbocycles. The van der Waals surface area contributed by atoms with E-state index in [9.17, 15) is 9.67 Å². The molecule has 5 heteroatoms. The fraction of sp³-hybridized carbons (Fsp3) is 0.600. The molecular formula is C20H33O4P. The van der Waals surface area contributed by atoms with E-state index in [0.29, 0.717) is 26.1 Å². The van der Waals surface area contributed by atoms with E-state index in [4.69, 9.17) is 9.05 Å². The van der Waals surface area contributed by atoms with Crippen molar-refractivity contribution in [2.24, 2.45) is 0 Å². The summed E-state index contributed by atoms with van der Waals surface area (Å²) in [5.41, 5.74) is 3.08. The lowest BCUT2D eigenvalue weighted by Crippen LogP contribution is -2.01. The molecule has 0 saturated heterocycles. The second-order valence-electron chi connectivity index (χ2n) is 6.18. The van der Waals surface area contributed by atoms with Gasteiger partial charge in [-0.05, 0) is 57.6 Å². The van der Waals surface area contributed by atoms with E-state index in [-0.39, 0.29) is 0 Å². The highest BCUT2D eigenvalue weighted by Gasteiger charge is 2.21. The largest absolute Gasteiger partial charge is 0.388 e. The van der Waals surface area contributed by atoms with Crippen molar-refractivity contribution in [3.63, 3.8) is 0 Å². The summed E-state index contributed by atoms with van der Waals surface area (Å²) >= 11 is 0. The Morgan fingerprint density at radius 3 is 2.36 bits per heavy atom. The van der Waals surface area contributed by atoms with Gasteiger partial charge in [-0.1, -0.05) is 43.2 Å². The fourth-order valence-electron chi connectivity index (χ4n) is 2.79. The summed E-state index contributed by atoms with van der Waals surface area (Å²) < 4.78 is 23.5. The molecule has 0 radical (unpaired) electrons. The molecule has 0 bridgehead atoms. The second kappa shape index (κ2) is 11.6. The molecule has 1 aromatic rings. The molecule has 0 saturated carbocycles. The third-order valence-corrected chi connectivity index (χ3v) is 6.01. The van der Waals surface area contributed by atoms with Crippen LogP contribution in [-0.4, -0.2) is 18.3 Å². The van der Waals surface area contributed by atoms with E-state index in [1.54, 1.807) is 5.82 Å². The summed E-state index contributed by atoms with van der Waals surface area (Å²) in [6.45, 7) is 8.46. The predicted molar refractivity (Wildman–Crippen MR) is 104 cm³/mol. The number of allylic oxidation sites excluding steroid dienone is 1. The number of unbranched alkanes of at least 4 members (excludes halogenated alkanes) is 1. The maximum Gasteiger partial charge on any atom is 0.354 e. The Balaban J connectivity index is 2.86. The molecule has 0 heterocycles. The third-order valence-electron chi connectivity index (χ3n) is 4.10. The molecule has 1 rings (SSSR count). The minimum atomic E-state index is -3.20. The zero-order chi connectivity index (χ0) is 18.7. The van der Waals surface area contributed by atoms with E-state index in [0.717, 1.165) is 36.0 Å². The van der Waals surface area contributed by atoms with Crippen molar-refractivity contribution in [2.45, 2.75) is 65.9 Å². The Kier molecular flexibility index (Phi) is 10.3. The zero-order valence-electron chi connectivity index (χ0n) is 16.0. The van der Waals surface area contributed by atoms with Crippen LogP contribution in [0.2, 0.25) is 0 Å². The molecule has 4 nitrogen and oxygen atoms in total. The van der Waals surface area contributed by atoms with Crippen LogP contribution in [0.1, 0.15) is 70.1 Å². The minimum Gasteiger partial charge on any atom is -0.388 e. The topological polar surface area (TPSA) is 55.8 Å². The Morgan fingerprint density at radius 1 is 1.16 bits per heavy atom. The van der Waals surface area contributed by atoms with Gasteiger partial charge in [0.25, 0.3) is 0 Å². The van der Waals surface area contributed by atoms with Crippen molar-refractivity contribution in [2.75, 3.05) is 13.2 Å². The molecular weight excluding hydrogens is 335 g/mol. The first-order valence-electron chi connectivity index (χ1n) is 9.28. The van der Waals surface area contributed by atoms with Crippen LogP contribution >= 0.6 is 7.60 Å². The first-order valence-corrected chi connectivity index (χ1v) is 10.9. The third kappa shape index (κ3) is 7.87. The summed E-state index contributed by atoms with van der Waals surface area (Å²) in [6.07, 6.45) is 3.68. The highest BCUT2D eigenvalue weighted by molar-refractivity contribution is 7.57. The summed E-state index contributed by atoms with van der Waals surface area (Å²) in [5.74, 6) is 1.68. The summed E-state index contributed by atoms with van der Waals surface area (Å²) in [6, 6.07) is 7.88. The maximum absolute atomic E-state index is 12.8. The van der Waals surface area contributed by atoms with Gasteiger partial charge in [0.2, 0.25) is 0 Å². The van der Waals surface area contributed by atoms with Crippen LogP contribution in [-0.2, 0) is 13.6 Å². The van der Waals surface area contributed by atoms with Crippen LogP contribution in [0.25, 0.3) is 0 Å². The van der Waals surface area contributed by atoms with E-state index < -0.39 is 13.7 Å². The normalized spacial score (nSPS) is 13.9. The molecule has 142 valence electrons. The first-order chi connectivity index (χ1) is 12.0. The molecule has 1 N–H and O–H groups in total. The number of aryl methyl sites for hydroxylation is 1. The van der Waals surface area contributed by atoms with Gasteiger partial charge in [0.15, 0.2) is 0 Å². The van der Waals surface area contributed by atoms with Gasteiger partial charge >= 0.3 is 7.60 Å². The average molecular weight is 368 g/mol. The fourth-order valence-corrected chi connectivity index (χ4v) is 4.44. The predicted octanol–water partition coefficient (Wildman–Crippen LogP) is 6.15. The second-order valence-corrected chi connectivity index (χ2v) is 8.03. The minimum absolute atomic E-state index is 0.348. The van der Waals surface area contributed by atoms with E-state index in [1.165, 1.54) is 0 Å². The number of hydrogen-bond donors (Lipinski definition) is 1. The monoisotopic (exact) mass is 368 g/mol. The molecule has 1 unspecified atom stereocenters. The van der Waals surface area contributed by atoms with Crippen LogP contribution in [0.5, 0.6) is 0 Å². The van der Waals surface area contributed by atoms with Gasteiger partial charge in [0.05, 0.1) is 19.3 Å². The average Bonchev–Trinajstić information content (AvgIpc) is 2.57. The highest BCUT2D eigenvalue weighted by Crippen LogP contribution is 2.51. The molecule has 0 aliphatic heterocycles. The van der Waals surface area contributed by atoms with Gasteiger partial charge in [-0.25, -0.2) is 0 Å². The number of aliphatic hydroxyl groups excluding tert-OH is 1. The maximum atomic E-state index is 12.8. The van der Waals surface area contributed by atoms with Gasteiger partial charge in [0, 0.05) is 5.82 Å². The lowest BCUT2D eigenvalue weighted by Gasteiger charge is -2.18. The van der Waals surface area contributed by atoms with Crippen molar-refractivity contribution in [1.29, 1.82) is 0 Å². The van der Waals surface area contributed by atoms with Gasteiger partial charge in [0.1, 0.15) is 0 Å².